The molecule has 1 saturated carbocycles. The van der Waals surface area contributed by atoms with Gasteiger partial charge in [0.25, 0.3) is 0 Å². The predicted molar refractivity (Wildman–Crippen MR) is 128 cm³/mol. The van der Waals surface area contributed by atoms with Gasteiger partial charge in [-0.25, -0.2) is 4.79 Å². The van der Waals surface area contributed by atoms with Crippen molar-refractivity contribution in [3.8, 4) is 0 Å². The van der Waals surface area contributed by atoms with Crippen LogP contribution in [0.25, 0.3) is 0 Å². The topological polar surface area (TPSA) is 94.5 Å². The summed E-state index contributed by atoms with van der Waals surface area (Å²) in [5.41, 5.74) is 4.92. The van der Waals surface area contributed by atoms with Gasteiger partial charge in [-0.15, -0.1) is 0 Å². The normalized spacial score (nSPS) is 25.4. The molecule has 1 aliphatic carbocycles. The molecule has 0 spiro atoms. The van der Waals surface area contributed by atoms with Crippen molar-refractivity contribution in [3.63, 3.8) is 0 Å². The molecule has 0 aromatic heterocycles. The standard InChI is InChI=1S/C24H39F3N6O/c1-17-15-21(29-14-8-13-28)31-22(33(17)20-11-5-3-2-4-6-12-20)32-23(34)30-19-10-7-9-18(16-19)24(25,26)27/h7,9-10,16-17,20-22,29,31H,2-6,8,11-15,28H2,1H3,(H2,30,32,34). The van der Waals surface area contributed by atoms with E-state index in [1.807, 2.05) is 0 Å². The lowest BCUT2D eigenvalue weighted by Crippen LogP contribution is -2.71. The molecule has 1 heterocycles. The van der Waals surface area contributed by atoms with Crippen molar-refractivity contribution in [2.75, 3.05) is 18.4 Å². The maximum absolute atomic E-state index is 13.1. The fourth-order valence-corrected chi connectivity index (χ4v) is 5.07. The average molecular weight is 485 g/mol. The zero-order valence-electron chi connectivity index (χ0n) is 20.0. The Morgan fingerprint density at radius 1 is 1.18 bits per heavy atom. The van der Waals surface area contributed by atoms with Gasteiger partial charge in [0.15, 0.2) is 0 Å². The Kier molecular flexibility index (Phi) is 9.99. The summed E-state index contributed by atoms with van der Waals surface area (Å²) in [5, 5.41) is 12.5. The van der Waals surface area contributed by atoms with E-state index in [2.05, 4.69) is 33.1 Å². The first-order chi connectivity index (χ1) is 16.3. The molecule has 3 atom stereocenters. The van der Waals surface area contributed by atoms with Crippen LogP contribution in [0.5, 0.6) is 0 Å². The number of halogens is 3. The molecular weight excluding hydrogens is 445 g/mol. The van der Waals surface area contributed by atoms with Gasteiger partial charge >= 0.3 is 12.2 Å². The highest BCUT2D eigenvalue weighted by Gasteiger charge is 2.38. The van der Waals surface area contributed by atoms with E-state index in [9.17, 15) is 18.0 Å². The minimum Gasteiger partial charge on any atom is -0.330 e. The number of nitrogens with two attached hydrogens (primary N) is 1. The largest absolute Gasteiger partial charge is 0.416 e. The Labute approximate surface area is 200 Å². The summed E-state index contributed by atoms with van der Waals surface area (Å²) in [5.74, 6) is 0. The molecule has 10 heteroatoms. The minimum atomic E-state index is -4.47. The molecule has 2 fully saturated rings. The quantitative estimate of drug-likeness (QED) is 0.375. The molecule has 1 saturated heterocycles. The molecule has 192 valence electrons. The van der Waals surface area contributed by atoms with Gasteiger partial charge in [-0.05, 0) is 63.9 Å². The van der Waals surface area contributed by atoms with E-state index in [1.54, 1.807) is 0 Å². The first-order valence-electron chi connectivity index (χ1n) is 12.5. The number of nitrogens with zero attached hydrogens (tertiary/aromatic N) is 1. The average Bonchev–Trinajstić information content (AvgIpc) is 2.74. The van der Waals surface area contributed by atoms with E-state index in [1.165, 1.54) is 31.4 Å². The van der Waals surface area contributed by atoms with Crippen LogP contribution in [-0.2, 0) is 6.18 Å². The number of rotatable bonds is 7. The van der Waals surface area contributed by atoms with Crippen LogP contribution in [0.4, 0.5) is 23.7 Å². The van der Waals surface area contributed by atoms with Crippen LogP contribution in [0.2, 0.25) is 0 Å². The Hall–Kier alpha value is -1.88. The lowest BCUT2D eigenvalue weighted by atomic mass is 9.93. The van der Waals surface area contributed by atoms with Crippen molar-refractivity contribution in [2.24, 2.45) is 5.73 Å². The Balaban J connectivity index is 1.71. The Morgan fingerprint density at radius 2 is 1.88 bits per heavy atom. The van der Waals surface area contributed by atoms with Crippen LogP contribution in [0.15, 0.2) is 24.3 Å². The monoisotopic (exact) mass is 484 g/mol. The summed E-state index contributed by atoms with van der Waals surface area (Å²) in [6, 6.07) is 4.70. The third-order valence-electron chi connectivity index (χ3n) is 6.73. The van der Waals surface area contributed by atoms with Crippen LogP contribution in [-0.4, -0.2) is 48.6 Å². The fourth-order valence-electron chi connectivity index (χ4n) is 5.07. The van der Waals surface area contributed by atoms with Gasteiger partial charge in [0, 0.05) is 17.8 Å². The number of carbonyl (C=O) groups excluding carboxylic acids is 1. The van der Waals surface area contributed by atoms with Crippen molar-refractivity contribution in [3.05, 3.63) is 29.8 Å². The van der Waals surface area contributed by atoms with Crippen LogP contribution in [0.1, 0.15) is 70.3 Å². The first kappa shape index (κ1) is 26.7. The number of urea groups is 1. The number of benzene rings is 1. The highest BCUT2D eigenvalue weighted by atomic mass is 19.4. The van der Waals surface area contributed by atoms with Crippen molar-refractivity contribution < 1.29 is 18.0 Å². The van der Waals surface area contributed by atoms with E-state index in [-0.39, 0.29) is 17.9 Å². The van der Waals surface area contributed by atoms with Gasteiger partial charge in [0.2, 0.25) is 0 Å². The maximum atomic E-state index is 13.1. The molecule has 3 rings (SSSR count). The van der Waals surface area contributed by atoms with Gasteiger partial charge < -0.3 is 21.7 Å². The summed E-state index contributed by atoms with van der Waals surface area (Å²) < 4.78 is 39.2. The predicted octanol–water partition coefficient (Wildman–Crippen LogP) is 4.17. The summed E-state index contributed by atoms with van der Waals surface area (Å²) in [6.07, 6.45) is 5.04. The molecule has 1 aromatic rings. The number of hydrogen-bond acceptors (Lipinski definition) is 5. The van der Waals surface area contributed by atoms with E-state index < -0.39 is 24.1 Å². The first-order valence-corrected chi connectivity index (χ1v) is 12.5. The number of carbonyl (C=O) groups is 1. The lowest BCUT2D eigenvalue weighted by Gasteiger charge is -2.49. The molecule has 2 aliphatic rings. The summed E-state index contributed by atoms with van der Waals surface area (Å²) in [6.45, 7) is 3.55. The van der Waals surface area contributed by atoms with Crippen molar-refractivity contribution in [1.82, 2.24) is 20.9 Å². The SMILES string of the molecule is CC1CC(NCCCN)NC(NC(=O)Nc2cccc(C(F)(F)F)c2)N1C1CCCCCCC1. The minimum absolute atomic E-state index is 0.00483. The number of amides is 2. The second-order valence-electron chi connectivity index (χ2n) is 9.43. The molecule has 34 heavy (non-hydrogen) atoms. The van der Waals surface area contributed by atoms with Gasteiger partial charge in [0.05, 0.1) is 11.7 Å². The summed E-state index contributed by atoms with van der Waals surface area (Å²) in [7, 11) is 0. The zero-order valence-corrected chi connectivity index (χ0v) is 20.0. The number of anilines is 1. The second-order valence-corrected chi connectivity index (χ2v) is 9.43. The van der Waals surface area contributed by atoms with Gasteiger partial charge in [0.1, 0.15) is 6.29 Å². The molecule has 0 radical (unpaired) electrons. The number of alkyl halides is 3. The summed E-state index contributed by atoms with van der Waals surface area (Å²) in [4.78, 5) is 15.2. The number of hydrogen-bond donors (Lipinski definition) is 5. The second kappa shape index (κ2) is 12.7. The molecule has 0 bridgehead atoms. The van der Waals surface area contributed by atoms with Crippen molar-refractivity contribution in [1.29, 1.82) is 0 Å². The maximum Gasteiger partial charge on any atom is 0.416 e. The van der Waals surface area contributed by atoms with E-state index in [0.717, 1.165) is 57.2 Å². The van der Waals surface area contributed by atoms with Gasteiger partial charge in [-0.3, -0.25) is 10.2 Å². The van der Waals surface area contributed by atoms with Crippen LogP contribution in [0.3, 0.4) is 0 Å². The van der Waals surface area contributed by atoms with Crippen molar-refractivity contribution >= 4 is 11.7 Å². The smallest absolute Gasteiger partial charge is 0.330 e. The van der Waals surface area contributed by atoms with E-state index in [0.29, 0.717) is 12.6 Å². The highest BCUT2D eigenvalue weighted by molar-refractivity contribution is 5.89. The molecule has 2 amide bonds. The van der Waals surface area contributed by atoms with Crippen LogP contribution >= 0.6 is 0 Å². The van der Waals surface area contributed by atoms with E-state index in [4.69, 9.17) is 5.73 Å². The van der Waals surface area contributed by atoms with Gasteiger partial charge in [-0.1, -0.05) is 38.2 Å². The zero-order chi connectivity index (χ0) is 24.6. The molecule has 3 unspecified atom stereocenters. The van der Waals surface area contributed by atoms with E-state index >= 15 is 0 Å². The molecule has 1 aromatic carbocycles. The lowest BCUT2D eigenvalue weighted by molar-refractivity contribution is -0.137. The fraction of sp³-hybridized carbons (Fsp3) is 0.708. The Morgan fingerprint density at radius 3 is 2.56 bits per heavy atom. The van der Waals surface area contributed by atoms with Crippen LogP contribution < -0.4 is 27.0 Å². The Bertz CT molecular complexity index is 769. The van der Waals surface area contributed by atoms with Gasteiger partial charge in [-0.2, -0.15) is 13.2 Å². The molecule has 1 aliphatic heterocycles. The molecule has 6 N–H and O–H groups in total. The van der Waals surface area contributed by atoms with Crippen LogP contribution in [0, 0.1) is 0 Å². The van der Waals surface area contributed by atoms with Crippen molar-refractivity contribution in [2.45, 2.75) is 95.4 Å². The summed E-state index contributed by atoms with van der Waals surface area (Å²) >= 11 is 0. The number of nitrogens with one attached hydrogen (secondary N) is 4. The molecular formula is C24H39F3N6O. The third kappa shape index (κ3) is 7.83. The highest BCUT2D eigenvalue weighted by Crippen LogP contribution is 2.31. The third-order valence-corrected chi connectivity index (χ3v) is 6.73. The molecule has 7 nitrogen and oxygen atoms in total.